The molecule has 1 N–H and O–H groups in total. The van der Waals surface area contributed by atoms with Crippen molar-refractivity contribution in [3.8, 4) is 0 Å². The normalized spacial score (nSPS) is 24.2. The number of hydrogen-bond donors (Lipinski definition) is 1. The molecular weight excluding hydrogens is 322 g/mol. The molecule has 25 heavy (non-hydrogen) atoms. The molecule has 0 aliphatic carbocycles. The smallest absolute Gasteiger partial charge is 0.193 e. The molecule has 2 atom stereocenters. The van der Waals surface area contributed by atoms with Crippen molar-refractivity contribution < 1.29 is 18.9 Å². The number of hydrogen-bond acceptors (Lipinski definition) is 5. The van der Waals surface area contributed by atoms with Gasteiger partial charge < -0.3 is 29.2 Å². The first-order valence-electron chi connectivity index (χ1n) is 9.51. The standard InChI is InChI=1S/C18H35N3O4/c1-19-18(20-6-3-8-23-14-17-5-9-24-15-17)21-7-4-16(12-21)13-25-11-10-22-2/h16-17H,3-15H2,1-2H3,(H,19,20). The molecule has 0 saturated carbocycles. The predicted octanol–water partition coefficient (Wildman–Crippen LogP) is 0.990. The maximum Gasteiger partial charge on any atom is 0.193 e. The third-order valence-electron chi connectivity index (χ3n) is 4.71. The molecular formula is C18H35N3O4. The molecule has 7 nitrogen and oxygen atoms in total. The first-order valence-corrected chi connectivity index (χ1v) is 9.51. The van der Waals surface area contributed by atoms with Gasteiger partial charge in [-0.1, -0.05) is 0 Å². The molecule has 2 rings (SSSR count). The molecule has 2 fully saturated rings. The number of rotatable bonds is 11. The van der Waals surface area contributed by atoms with E-state index in [1.165, 1.54) is 0 Å². The molecule has 0 bridgehead atoms. The van der Waals surface area contributed by atoms with Gasteiger partial charge in [-0.15, -0.1) is 0 Å². The molecule has 0 aromatic carbocycles. The van der Waals surface area contributed by atoms with E-state index >= 15 is 0 Å². The Hall–Kier alpha value is -0.890. The molecule has 2 aliphatic rings. The summed E-state index contributed by atoms with van der Waals surface area (Å²) in [5.41, 5.74) is 0. The van der Waals surface area contributed by atoms with Crippen LogP contribution in [0.1, 0.15) is 19.3 Å². The number of aliphatic imine (C=N–C) groups is 1. The second kappa shape index (κ2) is 12.5. The maximum absolute atomic E-state index is 5.74. The fourth-order valence-corrected chi connectivity index (χ4v) is 3.22. The molecule has 146 valence electrons. The van der Waals surface area contributed by atoms with E-state index in [1.54, 1.807) is 7.11 Å². The minimum Gasteiger partial charge on any atom is -0.382 e. The maximum atomic E-state index is 5.74. The van der Waals surface area contributed by atoms with Gasteiger partial charge >= 0.3 is 0 Å². The third kappa shape index (κ3) is 7.90. The predicted molar refractivity (Wildman–Crippen MR) is 98.1 cm³/mol. The van der Waals surface area contributed by atoms with Crippen molar-refractivity contribution in [3.05, 3.63) is 0 Å². The summed E-state index contributed by atoms with van der Waals surface area (Å²) < 4.78 is 21.7. The zero-order chi connectivity index (χ0) is 17.7. The number of ether oxygens (including phenoxy) is 4. The monoisotopic (exact) mass is 357 g/mol. The van der Waals surface area contributed by atoms with E-state index in [2.05, 4.69) is 15.2 Å². The van der Waals surface area contributed by atoms with Gasteiger partial charge in [0, 0.05) is 58.8 Å². The highest BCUT2D eigenvalue weighted by Crippen LogP contribution is 2.16. The molecule has 0 aromatic rings. The Morgan fingerprint density at radius 3 is 2.76 bits per heavy atom. The topological polar surface area (TPSA) is 64.6 Å². The second-order valence-electron chi connectivity index (χ2n) is 6.80. The Morgan fingerprint density at radius 1 is 1.16 bits per heavy atom. The highest BCUT2D eigenvalue weighted by molar-refractivity contribution is 5.80. The van der Waals surface area contributed by atoms with Crippen LogP contribution in [0.3, 0.4) is 0 Å². The van der Waals surface area contributed by atoms with Crippen LogP contribution < -0.4 is 5.32 Å². The summed E-state index contributed by atoms with van der Waals surface area (Å²) in [5.74, 6) is 2.16. The minimum absolute atomic E-state index is 0.576. The van der Waals surface area contributed by atoms with Crippen LogP contribution in [0.5, 0.6) is 0 Å². The van der Waals surface area contributed by atoms with Crippen LogP contribution in [-0.4, -0.2) is 90.9 Å². The van der Waals surface area contributed by atoms with Crippen LogP contribution in [0.25, 0.3) is 0 Å². The van der Waals surface area contributed by atoms with Gasteiger partial charge in [-0.2, -0.15) is 0 Å². The van der Waals surface area contributed by atoms with Crippen molar-refractivity contribution >= 4 is 5.96 Å². The quantitative estimate of drug-likeness (QED) is 0.338. The molecule has 0 radical (unpaired) electrons. The summed E-state index contributed by atoms with van der Waals surface area (Å²) in [4.78, 5) is 6.73. The lowest BCUT2D eigenvalue weighted by Crippen LogP contribution is -2.40. The van der Waals surface area contributed by atoms with E-state index in [9.17, 15) is 0 Å². The van der Waals surface area contributed by atoms with Crippen LogP contribution in [0.4, 0.5) is 0 Å². The second-order valence-corrected chi connectivity index (χ2v) is 6.80. The molecule has 0 amide bonds. The summed E-state index contributed by atoms with van der Waals surface area (Å²) in [6.07, 6.45) is 3.28. The number of guanidine groups is 1. The molecule has 0 aromatic heterocycles. The van der Waals surface area contributed by atoms with Crippen LogP contribution in [0.15, 0.2) is 4.99 Å². The largest absolute Gasteiger partial charge is 0.382 e. The number of nitrogens with zero attached hydrogens (tertiary/aromatic N) is 2. The van der Waals surface area contributed by atoms with Gasteiger partial charge in [-0.05, 0) is 19.3 Å². The van der Waals surface area contributed by atoms with Crippen molar-refractivity contribution in [1.29, 1.82) is 0 Å². The first kappa shape index (κ1) is 20.4. The van der Waals surface area contributed by atoms with Gasteiger partial charge in [-0.3, -0.25) is 4.99 Å². The Kier molecular flexibility index (Phi) is 10.2. The van der Waals surface area contributed by atoms with Crippen molar-refractivity contribution in [2.24, 2.45) is 16.8 Å². The SMILES string of the molecule is CN=C(NCCCOCC1CCOC1)N1CCC(COCCOC)C1. The number of methoxy groups -OCH3 is 1. The summed E-state index contributed by atoms with van der Waals surface area (Å²) >= 11 is 0. The average molecular weight is 357 g/mol. The zero-order valence-electron chi connectivity index (χ0n) is 15.9. The summed E-state index contributed by atoms with van der Waals surface area (Å²) in [6, 6.07) is 0. The number of likely N-dealkylation sites (tertiary alicyclic amines) is 1. The van der Waals surface area contributed by atoms with Gasteiger partial charge in [0.2, 0.25) is 0 Å². The highest BCUT2D eigenvalue weighted by Gasteiger charge is 2.24. The van der Waals surface area contributed by atoms with Crippen LogP contribution in [-0.2, 0) is 18.9 Å². The molecule has 2 heterocycles. The summed E-state index contributed by atoms with van der Waals surface area (Å²) in [5, 5.41) is 3.45. The fraction of sp³-hybridized carbons (Fsp3) is 0.944. The minimum atomic E-state index is 0.576. The summed E-state index contributed by atoms with van der Waals surface area (Å²) in [7, 11) is 3.55. The van der Waals surface area contributed by atoms with Crippen LogP contribution in [0.2, 0.25) is 0 Å². The Morgan fingerprint density at radius 2 is 2.00 bits per heavy atom. The van der Waals surface area contributed by atoms with Gasteiger partial charge in [0.25, 0.3) is 0 Å². The molecule has 7 heteroatoms. The van der Waals surface area contributed by atoms with E-state index in [0.29, 0.717) is 25.0 Å². The van der Waals surface area contributed by atoms with Crippen molar-refractivity contribution in [2.45, 2.75) is 19.3 Å². The average Bonchev–Trinajstić information content (AvgIpc) is 3.30. The van der Waals surface area contributed by atoms with E-state index in [-0.39, 0.29) is 0 Å². The third-order valence-corrected chi connectivity index (χ3v) is 4.71. The van der Waals surface area contributed by atoms with Gasteiger partial charge in [0.1, 0.15) is 0 Å². The van der Waals surface area contributed by atoms with Gasteiger partial charge in [0.05, 0.1) is 33.0 Å². The molecule has 2 aliphatic heterocycles. The molecule has 0 spiro atoms. The Bertz CT molecular complexity index is 375. The highest BCUT2D eigenvalue weighted by atomic mass is 16.5. The zero-order valence-corrected chi connectivity index (χ0v) is 15.9. The molecule has 2 saturated heterocycles. The number of nitrogens with one attached hydrogen (secondary N) is 1. The van der Waals surface area contributed by atoms with Crippen LogP contribution in [0, 0.1) is 11.8 Å². The van der Waals surface area contributed by atoms with E-state index in [0.717, 1.165) is 77.9 Å². The first-order chi connectivity index (χ1) is 12.3. The Balaban J connectivity index is 1.51. The Labute approximate surface area is 152 Å². The lowest BCUT2D eigenvalue weighted by molar-refractivity contribution is 0.0536. The van der Waals surface area contributed by atoms with E-state index in [1.807, 2.05) is 7.05 Å². The van der Waals surface area contributed by atoms with Crippen LogP contribution >= 0.6 is 0 Å². The fourth-order valence-electron chi connectivity index (χ4n) is 3.22. The van der Waals surface area contributed by atoms with E-state index < -0.39 is 0 Å². The van der Waals surface area contributed by atoms with Gasteiger partial charge in [0.15, 0.2) is 5.96 Å². The van der Waals surface area contributed by atoms with Crippen molar-refractivity contribution in [1.82, 2.24) is 10.2 Å². The van der Waals surface area contributed by atoms with Crippen molar-refractivity contribution in [2.75, 3.05) is 80.0 Å². The van der Waals surface area contributed by atoms with E-state index in [4.69, 9.17) is 18.9 Å². The van der Waals surface area contributed by atoms with Crippen molar-refractivity contribution in [3.63, 3.8) is 0 Å². The summed E-state index contributed by atoms with van der Waals surface area (Å²) in [6.45, 7) is 8.43. The lowest BCUT2D eigenvalue weighted by atomic mass is 10.1. The molecule has 2 unspecified atom stereocenters. The van der Waals surface area contributed by atoms with Gasteiger partial charge in [-0.25, -0.2) is 0 Å². The lowest BCUT2D eigenvalue weighted by Gasteiger charge is -2.21.